The highest BCUT2D eigenvalue weighted by atomic mass is 16.5. The van der Waals surface area contributed by atoms with Crippen LogP contribution in [0, 0.1) is 13.8 Å². The van der Waals surface area contributed by atoms with Gasteiger partial charge in [-0.3, -0.25) is 9.69 Å². The molecule has 0 bridgehead atoms. The monoisotopic (exact) mass is 349 g/mol. The van der Waals surface area contributed by atoms with Gasteiger partial charge in [0.05, 0.1) is 17.8 Å². The highest BCUT2D eigenvalue weighted by molar-refractivity contribution is 5.76. The van der Waals surface area contributed by atoms with E-state index in [1.807, 2.05) is 11.8 Å². The molecule has 7 nitrogen and oxygen atoms in total. The largest absolute Gasteiger partial charge is 0.380 e. The zero-order chi connectivity index (χ0) is 18.0. The van der Waals surface area contributed by atoms with Crippen LogP contribution in [-0.4, -0.2) is 90.1 Å². The number of hydrogen-bond acceptors (Lipinski definition) is 5. The first-order valence-electron chi connectivity index (χ1n) is 9.24. The summed E-state index contributed by atoms with van der Waals surface area (Å²) >= 11 is 0. The third-order valence-corrected chi connectivity index (χ3v) is 5.63. The summed E-state index contributed by atoms with van der Waals surface area (Å²) in [6, 6.07) is 0.206. The van der Waals surface area contributed by atoms with Gasteiger partial charge in [0.2, 0.25) is 5.91 Å². The van der Waals surface area contributed by atoms with Crippen molar-refractivity contribution in [3.8, 4) is 0 Å². The number of carbonyl (C=O) groups is 1. The van der Waals surface area contributed by atoms with Crippen LogP contribution in [0.3, 0.4) is 0 Å². The van der Waals surface area contributed by atoms with E-state index in [2.05, 4.69) is 33.7 Å². The van der Waals surface area contributed by atoms with Crippen LogP contribution in [0.25, 0.3) is 0 Å². The Kier molecular flexibility index (Phi) is 5.76. The maximum atomic E-state index is 12.5. The lowest BCUT2D eigenvalue weighted by atomic mass is 10.2. The van der Waals surface area contributed by atoms with Crippen molar-refractivity contribution in [1.29, 1.82) is 0 Å². The van der Waals surface area contributed by atoms with Crippen LogP contribution >= 0.6 is 0 Å². The lowest BCUT2D eigenvalue weighted by molar-refractivity contribution is -0.133. The van der Waals surface area contributed by atoms with Crippen LogP contribution in [-0.2, 0) is 9.53 Å². The van der Waals surface area contributed by atoms with Crippen LogP contribution < -0.4 is 0 Å². The minimum Gasteiger partial charge on any atom is -0.380 e. The predicted octanol–water partition coefficient (Wildman–Crippen LogP) is 0.952. The minimum atomic E-state index is 0.203. The molecule has 0 saturated carbocycles. The number of methoxy groups -OCH3 is 1. The van der Waals surface area contributed by atoms with Crippen molar-refractivity contribution in [3.63, 3.8) is 0 Å². The van der Waals surface area contributed by atoms with Gasteiger partial charge in [0.15, 0.2) is 0 Å². The van der Waals surface area contributed by atoms with Crippen LogP contribution in [0.4, 0.5) is 0 Å². The van der Waals surface area contributed by atoms with Crippen LogP contribution in [0.5, 0.6) is 0 Å². The van der Waals surface area contributed by atoms with E-state index in [1.165, 1.54) is 0 Å². The topological polar surface area (TPSA) is 64.7 Å². The van der Waals surface area contributed by atoms with Gasteiger partial charge < -0.3 is 19.5 Å². The molecule has 2 aliphatic rings. The first-order chi connectivity index (χ1) is 12.0. The van der Waals surface area contributed by atoms with Gasteiger partial charge in [-0.1, -0.05) is 0 Å². The molecule has 1 amide bonds. The molecule has 3 rings (SSSR count). The van der Waals surface area contributed by atoms with E-state index in [0.29, 0.717) is 6.42 Å². The Hall–Kier alpha value is -1.44. The average Bonchev–Trinajstić information content (AvgIpc) is 3.16. The molecule has 7 heteroatoms. The number of piperazine rings is 1. The fourth-order valence-electron chi connectivity index (χ4n) is 3.75. The fraction of sp³-hybridized carbons (Fsp3) is 0.778. The Morgan fingerprint density at radius 2 is 2.00 bits per heavy atom. The van der Waals surface area contributed by atoms with E-state index in [4.69, 9.17) is 4.74 Å². The molecule has 1 aromatic rings. The van der Waals surface area contributed by atoms with E-state index >= 15 is 0 Å². The number of aromatic nitrogens is 2. The normalized spacial score (nSPS) is 25.7. The molecule has 3 heterocycles. The number of aryl methyl sites for hydroxylation is 2. The molecule has 0 unspecified atom stereocenters. The molecule has 2 aliphatic heterocycles. The number of H-pyrrole nitrogens is 1. The lowest BCUT2D eigenvalue weighted by Gasteiger charge is -2.33. The molecule has 0 aliphatic carbocycles. The number of imidazole rings is 1. The fourth-order valence-corrected chi connectivity index (χ4v) is 3.75. The Bertz CT molecular complexity index is 575. The summed E-state index contributed by atoms with van der Waals surface area (Å²) in [7, 11) is 3.87. The van der Waals surface area contributed by atoms with Crippen molar-refractivity contribution in [2.75, 3.05) is 53.4 Å². The molecule has 2 atom stereocenters. The molecule has 1 aromatic heterocycles. The smallest absolute Gasteiger partial charge is 0.223 e. The zero-order valence-electron chi connectivity index (χ0n) is 15.9. The second kappa shape index (κ2) is 7.85. The number of likely N-dealkylation sites (N-methyl/N-ethyl adjacent to an activating group) is 1. The third-order valence-electron chi connectivity index (χ3n) is 5.63. The number of hydrogen-bond donors (Lipinski definition) is 1. The Labute approximate surface area is 150 Å². The Balaban J connectivity index is 1.60. The molecule has 25 heavy (non-hydrogen) atoms. The minimum absolute atomic E-state index is 0.203. The van der Waals surface area contributed by atoms with E-state index in [0.717, 1.165) is 62.9 Å². The summed E-state index contributed by atoms with van der Waals surface area (Å²) in [6.45, 7) is 9.31. The maximum Gasteiger partial charge on any atom is 0.223 e. The zero-order valence-corrected chi connectivity index (χ0v) is 15.9. The van der Waals surface area contributed by atoms with Gasteiger partial charge in [-0.05, 0) is 27.3 Å². The summed E-state index contributed by atoms with van der Waals surface area (Å²) in [4.78, 5) is 27.2. The van der Waals surface area contributed by atoms with Crippen molar-refractivity contribution in [2.45, 2.75) is 38.8 Å². The van der Waals surface area contributed by atoms with Crippen LogP contribution in [0.2, 0.25) is 0 Å². The van der Waals surface area contributed by atoms with Crippen molar-refractivity contribution in [2.24, 2.45) is 0 Å². The van der Waals surface area contributed by atoms with Crippen molar-refractivity contribution < 1.29 is 9.53 Å². The molecule has 140 valence electrons. The van der Waals surface area contributed by atoms with Crippen molar-refractivity contribution in [3.05, 3.63) is 17.2 Å². The molecule has 0 radical (unpaired) electrons. The summed E-state index contributed by atoms with van der Waals surface area (Å²) in [5.41, 5.74) is 2.16. The molecule has 0 aromatic carbocycles. The predicted molar refractivity (Wildman–Crippen MR) is 96.5 cm³/mol. The summed E-state index contributed by atoms with van der Waals surface area (Å²) < 4.78 is 5.58. The molecule has 2 saturated heterocycles. The van der Waals surface area contributed by atoms with E-state index in [-0.39, 0.29) is 18.1 Å². The Morgan fingerprint density at radius 1 is 1.28 bits per heavy atom. The quantitative estimate of drug-likeness (QED) is 0.858. The van der Waals surface area contributed by atoms with E-state index in [9.17, 15) is 4.79 Å². The molecule has 1 N–H and O–H groups in total. The number of carbonyl (C=O) groups excluding carboxylic acids is 1. The number of likely N-dealkylation sites (tertiary alicyclic amines) is 1. The number of nitrogens with zero attached hydrogens (tertiary/aromatic N) is 4. The molecular weight excluding hydrogens is 318 g/mol. The lowest BCUT2D eigenvalue weighted by Crippen LogP contribution is -2.47. The van der Waals surface area contributed by atoms with E-state index in [1.54, 1.807) is 7.11 Å². The van der Waals surface area contributed by atoms with Crippen LogP contribution in [0.1, 0.15) is 36.1 Å². The SMILES string of the molecule is CO[C@@H]1C[C@@H](c2nc(C)c(C)[nH]2)N(CCC(=O)N2CCN(C)CC2)C1. The van der Waals surface area contributed by atoms with Crippen LogP contribution in [0.15, 0.2) is 0 Å². The standard InChI is InChI=1S/C18H31N5O2/c1-13-14(2)20-18(19-13)16-11-15(25-4)12-23(16)6-5-17(24)22-9-7-21(3)8-10-22/h15-16H,5-12H2,1-4H3,(H,19,20)/t15-,16+/m1/s1. The first-order valence-corrected chi connectivity index (χ1v) is 9.24. The first kappa shape index (κ1) is 18.4. The summed E-state index contributed by atoms with van der Waals surface area (Å²) in [5.74, 6) is 1.26. The second-order valence-corrected chi connectivity index (χ2v) is 7.37. The molecular formula is C18H31N5O2. The number of amides is 1. The number of ether oxygens (including phenoxy) is 1. The number of nitrogens with one attached hydrogen (secondary N) is 1. The van der Waals surface area contributed by atoms with E-state index < -0.39 is 0 Å². The maximum absolute atomic E-state index is 12.5. The van der Waals surface area contributed by atoms with Gasteiger partial charge in [-0.2, -0.15) is 0 Å². The highest BCUT2D eigenvalue weighted by Crippen LogP contribution is 2.32. The third kappa shape index (κ3) is 4.22. The van der Waals surface area contributed by atoms with Crippen molar-refractivity contribution >= 4 is 5.91 Å². The van der Waals surface area contributed by atoms with Gasteiger partial charge >= 0.3 is 0 Å². The number of aromatic amines is 1. The highest BCUT2D eigenvalue weighted by Gasteiger charge is 2.35. The summed E-state index contributed by atoms with van der Waals surface area (Å²) in [5, 5.41) is 0. The van der Waals surface area contributed by atoms with Gasteiger partial charge in [0.1, 0.15) is 5.82 Å². The van der Waals surface area contributed by atoms with Gasteiger partial charge in [-0.15, -0.1) is 0 Å². The number of rotatable bonds is 5. The van der Waals surface area contributed by atoms with Gasteiger partial charge in [0.25, 0.3) is 0 Å². The summed E-state index contributed by atoms with van der Waals surface area (Å²) in [6.07, 6.45) is 1.69. The molecule has 0 spiro atoms. The Morgan fingerprint density at radius 3 is 2.60 bits per heavy atom. The van der Waals surface area contributed by atoms with Gasteiger partial charge in [0, 0.05) is 58.5 Å². The van der Waals surface area contributed by atoms with Gasteiger partial charge in [-0.25, -0.2) is 4.98 Å². The second-order valence-electron chi connectivity index (χ2n) is 7.37. The van der Waals surface area contributed by atoms with Crippen molar-refractivity contribution in [1.82, 2.24) is 24.7 Å². The molecule has 2 fully saturated rings. The average molecular weight is 349 g/mol.